The first-order valence-electron chi connectivity index (χ1n) is 8.57. The van der Waals surface area contributed by atoms with Gasteiger partial charge in [0.15, 0.2) is 0 Å². The van der Waals surface area contributed by atoms with Crippen LogP contribution in [0.1, 0.15) is 47.5 Å². The second-order valence-corrected chi connectivity index (χ2v) is 7.53. The fraction of sp³-hybridized carbons (Fsp3) is 0.368. The quantitative estimate of drug-likeness (QED) is 0.746. The van der Waals surface area contributed by atoms with Gasteiger partial charge in [-0.25, -0.2) is 4.39 Å². The molecule has 1 aliphatic carbocycles. The first-order valence-corrected chi connectivity index (χ1v) is 9.32. The lowest BCUT2D eigenvalue weighted by molar-refractivity contribution is 0.100. The van der Waals surface area contributed by atoms with Crippen molar-refractivity contribution in [2.24, 2.45) is 11.7 Å². The Hall–Kier alpha value is -1.85. The fourth-order valence-electron chi connectivity index (χ4n) is 3.53. The summed E-state index contributed by atoms with van der Waals surface area (Å²) in [6.07, 6.45) is 6.72. The number of primary amides is 1. The maximum absolute atomic E-state index is 13.2. The van der Waals surface area contributed by atoms with E-state index >= 15 is 0 Å². The van der Waals surface area contributed by atoms with E-state index < -0.39 is 5.91 Å². The Morgan fingerprint density at radius 1 is 1.19 bits per heavy atom. The zero-order chi connectivity index (χ0) is 18.7. The number of rotatable bonds is 5. The summed E-state index contributed by atoms with van der Waals surface area (Å²) in [6, 6.07) is 4.78. The van der Waals surface area contributed by atoms with Crippen molar-refractivity contribution in [3.8, 4) is 0 Å². The molecule has 0 bridgehead atoms. The van der Waals surface area contributed by atoms with Gasteiger partial charge in [-0.05, 0) is 55.2 Å². The van der Waals surface area contributed by atoms with Crippen molar-refractivity contribution < 1.29 is 9.18 Å². The van der Waals surface area contributed by atoms with Gasteiger partial charge < -0.3 is 11.1 Å². The van der Waals surface area contributed by atoms with Crippen LogP contribution in [0.5, 0.6) is 0 Å². The van der Waals surface area contributed by atoms with Crippen LogP contribution in [-0.2, 0) is 0 Å². The third-order valence-electron chi connectivity index (χ3n) is 4.92. The highest BCUT2D eigenvalue weighted by molar-refractivity contribution is 6.36. The first-order chi connectivity index (χ1) is 12.4. The van der Waals surface area contributed by atoms with E-state index in [-0.39, 0.29) is 17.3 Å². The van der Waals surface area contributed by atoms with Gasteiger partial charge in [0.25, 0.3) is 0 Å². The number of hydrogen-bond donors (Lipinski definition) is 2. The molecule has 138 valence electrons. The average molecular weight is 396 g/mol. The Bertz CT molecular complexity index is 807. The fourth-order valence-corrected chi connectivity index (χ4v) is 4.12. The molecule has 3 N–H and O–H groups in total. The van der Waals surface area contributed by atoms with Gasteiger partial charge in [0.05, 0.1) is 28.7 Å². The van der Waals surface area contributed by atoms with Crippen LogP contribution >= 0.6 is 23.2 Å². The Labute approximate surface area is 161 Å². The predicted molar refractivity (Wildman–Crippen MR) is 102 cm³/mol. The second-order valence-electron chi connectivity index (χ2n) is 6.71. The van der Waals surface area contributed by atoms with Crippen molar-refractivity contribution in [1.82, 2.24) is 4.98 Å². The van der Waals surface area contributed by atoms with Gasteiger partial charge in [-0.2, -0.15) is 0 Å². The average Bonchev–Trinajstić information content (AvgIpc) is 2.62. The molecular formula is C19H20Cl2FN3O. The standard InChI is InChI=1S/C19H20Cl2FN3O/c20-13-5-16(18(21)17(6-13)19(23)26)12-3-1-11(2-4-12)8-25-15-7-14(22)9-24-10-15/h5-7,9-12,25H,1-4,8H2,(H2,23,26). The molecule has 1 heterocycles. The van der Waals surface area contributed by atoms with Gasteiger partial charge >= 0.3 is 0 Å². The van der Waals surface area contributed by atoms with Gasteiger partial charge in [-0.3, -0.25) is 9.78 Å². The number of amides is 1. The van der Waals surface area contributed by atoms with Crippen LogP contribution < -0.4 is 11.1 Å². The van der Waals surface area contributed by atoms with Crippen LogP contribution in [0.3, 0.4) is 0 Å². The third kappa shape index (κ3) is 4.46. The smallest absolute Gasteiger partial charge is 0.250 e. The summed E-state index contributed by atoms with van der Waals surface area (Å²) in [7, 11) is 0. The highest BCUT2D eigenvalue weighted by Crippen LogP contribution is 2.40. The molecule has 7 heteroatoms. The molecule has 1 saturated carbocycles. The molecule has 0 saturated heterocycles. The molecule has 2 aromatic rings. The third-order valence-corrected chi connectivity index (χ3v) is 5.56. The second kappa shape index (κ2) is 8.23. The van der Waals surface area contributed by atoms with E-state index in [0.717, 1.165) is 37.8 Å². The highest BCUT2D eigenvalue weighted by Gasteiger charge is 2.26. The van der Waals surface area contributed by atoms with E-state index in [1.807, 2.05) is 6.07 Å². The Morgan fingerprint density at radius 3 is 2.58 bits per heavy atom. The number of nitrogens with two attached hydrogens (primary N) is 1. The van der Waals surface area contributed by atoms with Crippen molar-refractivity contribution in [2.75, 3.05) is 11.9 Å². The Balaban J connectivity index is 1.61. The lowest BCUT2D eigenvalue weighted by Crippen LogP contribution is -2.21. The van der Waals surface area contributed by atoms with Crippen LogP contribution in [0.15, 0.2) is 30.6 Å². The van der Waals surface area contributed by atoms with Crippen molar-refractivity contribution in [2.45, 2.75) is 31.6 Å². The van der Waals surface area contributed by atoms with Crippen molar-refractivity contribution >= 4 is 34.8 Å². The minimum Gasteiger partial charge on any atom is -0.383 e. The molecule has 1 aromatic heterocycles. The highest BCUT2D eigenvalue weighted by atomic mass is 35.5. The van der Waals surface area contributed by atoms with Crippen LogP contribution in [0.4, 0.5) is 10.1 Å². The molecule has 4 nitrogen and oxygen atoms in total. The summed E-state index contributed by atoms with van der Waals surface area (Å²) in [5.41, 5.74) is 7.25. The molecule has 1 fully saturated rings. The lowest BCUT2D eigenvalue weighted by Gasteiger charge is -2.30. The summed E-state index contributed by atoms with van der Waals surface area (Å²) in [5, 5.41) is 4.13. The minimum absolute atomic E-state index is 0.256. The summed E-state index contributed by atoms with van der Waals surface area (Å²) < 4.78 is 13.2. The topological polar surface area (TPSA) is 68.0 Å². The molecular weight excluding hydrogens is 376 g/mol. The largest absolute Gasteiger partial charge is 0.383 e. The van der Waals surface area contributed by atoms with E-state index in [1.165, 1.54) is 18.3 Å². The molecule has 26 heavy (non-hydrogen) atoms. The zero-order valence-corrected chi connectivity index (χ0v) is 15.7. The van der Waals surface area contributed by atoms with Crippen molar-refractivity contribution in [1.29, 1.82) is 0 Å². The molecule has 0 atom stereocenters. The van der Waals surface area contributed by atoms with E-state index in [0.29, 0.717) is 21.7 Å². The molecule has 1 aromatic carbocycles. The summed E-state index contributed by atoms with van der Waals surface area (Å²) >= 11 is 12.5. The Kier molecular flexibility index (Phi) is 5.99. The van der Waals surface area contributed by atoms with Gasteiger partial charge in [0.1, 0.15) is 5.82 Å². The van der Waals surface area contributed by atoms with E-state index in [1.54, 1.807) is 6.20 Å². The number of nitrogens with one attached hydrogen (secondary N) is 1. The van der Waals surface area contributed by atoms with E-state index in [2.05, 4.69) is 10.3 Å². The van der Waals surface area contributed by atoms with Crippen LogP contribution in [0.2, 0.25) is 10.0 Å². The van der Waals surface area contributed by atoms with E-state index in [9.17, 15) is 9.18 Å². The number of carbonyl (C=O) groups excluding carboxylic acids is 1. The Morgan fingerprint density at radius 2 is 1.92 bits per heavy atom. The predicted octanol–water partition coefficient (Wildman–Crippen LogP) is 5.01. The number of benzene rings is 1. The number of nitrogens with zero attached hydrogens (tertiary/aromatic N) is 1. The molecule has 1 amide bonds. The number of hydrogen-bond acceptors (Lipinski definition) is 3. The maximum Gasteiger partial charge on any atom is 0.250 e. The first kappa shape index (κ1) is 18.9. The SMILES string of the molecule is NC(=O)c1cc(Cl)cc(C2CCC(CNc3cncc(F)c3)CC2)c1Cl. The van der Waals surface area contributed by atoms with Gasteiger partial charge in [0.2, 0.25) is 5.91 Å². The molecule has 0 spiro atoms. The normalized spacial score (nSPS) is 20.0. The molecule has 3 rings (SSSR count). The van der Waals surface area contributed by atoms with Gasteiger partial charge in [0, 0.05) is 17.6 Å². The number of halogens is 3. The molecule has 0 radical (unpaired) electrons. The van der Waals surface area contributed by atoms with Gasteiger partial charge in [-0.1, -0.05) is 23.2 Å². The van der Waals surface area contributed by atoms with E-state index in [4.69, 9.17) is 28.9 Å². The van der Waals surface area contributed by atoms with Crippen LogP contribution in [0, 0.1) is 11.7 Å². The number of anilines is 1. The lowest BCUT2D eigenvalue weighted by atomic mass is 9.78. The summed E-state index contributed by atoms with van der Waals surface area (Å²) in [4.78, 5) is 15.4. The zero-order valence-electron chi connectivity index (χ0n) is 14.1. The van der Waals surface area contributed by atoms with Crippen molar-refractivity contribution in [3.63, 3.8) is 0 Å². The maximum atomic E-state index is 13.2. The van der Waals surface area contributed by atoms with Crippen LogP contribution in [0.25, 0.3) is 0 Å². The number of pyridine rings is 1. The molecule has 0 aliphatic heterocycles. The summed E-state index contributed by atoms with van der Waals surface area (Å²) in [5.74, 6) is -0.172. The molecule has 0 unspecified atom stereocenters. The number of carbonyl (C=O) groups is 1. The summed E-state index contributed by atoms with van der Waals surface area (Å²) in [6.45, 7) is 0.771. The molecule has 1 aliphatic rings. The van der Waals surface area contributed by atoms with Crippen molar-refractivity contribution in [3.05, 3.63) is 57.6 Å². The van der Waals surface area contributed by atoms with Gasteiger partial charge in [-0.15, -0.1) is 0 Å². The van der Waals surface area contributed by atoms with Crippen LogP contribution in [-0.4, -0.2) is 17.4 Å². The minimum atomic E-state index is -0.569. The monoisotopic (exact) mass is 395 g/mol. The number of aromatic nitrogens is 1.